The Morgan fingerprint density at radius 2 is 1.78 bits per heavy atom. The highest BCUT2D eigenvalue weighted by molar-refractivity contribution is 5.62. The van der Waals surface area contributed by atoms with Crippen LogP contribution < -0.4 is 5.32 Å². The van der Waals surface area contributed by atoms with Crippen molar-refractivity contribution in [2.75, 3.05) is 11.9 Å². The van der Waals surface area contributed by atoms with Crippen LogP contribution in [0.5, 0.6) is 0 Å². The number of benzene rings is 2. The second-order valence-electron chi connectivity index (χ2n) is 5.59. The minimum Gasteiger partial charge on any atom is -0.352 e. The third-order valence-corrected chi connectivity index (χ3v) is 3.82. The molecular weight excluding hydrogens is 282 g/mol. The molecule has 3 rings (SSSR count). The molecule has 0 aliphatic rings. The molecule has 2 aromatic carbocycles. The molecule has 116 valence electrons. The molecular formula is C20H21N3. The first-order valence-electron chi connectivity index (χ1n) is 7.78. The van der Waals surface area contributed by atoms with Gasteiger partial charge in [0.2, 0.25) is 5.95 Å². The van der Waals surface area contributed by atoms with Gasteiger partial charge in [0.15, 0.2) is 0 Å². The Bertz CT molecular complexity index is 784. The molecule has 0 radical (unpaired) electrons. The number of hydrogen-bond acceptors (Lipinski definition) is 2. The van der Waals surface area contributed by atoms with Gasteiger partial charge in [-0.2, -0.15) is 0 Å². The van der Waals surface area contributed by atoms with E-state index in [1.54, 1.807) is 0 Å². The molecule has 0 amide bonds. The molecule has 0 aliphatic carbocycles. The van der Waals surface area contributed by atoms with Crippen molar-refractivity contribution < 1.29 is 0 Å². The Hall–Kier alpha value is -2.81. The summed E-state index contributed by atoms with van der Waals surface area (Å²) in [7, 11) is 2.03. The molecule has 0 fully saturated rings. The molecule has 0 atom stereocenters. The Morgan fingerprint density at radius 1 is 1.04 bits per heavy atom. The van der Waals surface area contributed by atoms with Crippen LogP contribution in [0.1, 0.15) is 11.1 Å². The fourth-order valence-electron chi connectivity index (χ4n) is 2.48. The Balaban J connectivity index is 1.65. The van der Waals surface area contributed by atoms with Crippen molar-refractivity contribution in [3.63, 3.8) is 0 Å². The van der Waals surface area contributed by atoms with Crippen molar-refractivity contribution in [1.82, 2.24) is 9.55 Å². The monoisotopic (exact) mass is 303 g/mol. The maximum atomic E-state index is 4.48. The first-order valence-corrected chi connectivity index (χ1v) is 7.78. The summed E-state index contributed by atoms with van der Waals surface area (Å²) in [6.07, 6.45) is 6.13. The van der Waals surface area contributed by atoms with Crippen LogP contribution in [0.2, 0.25) is 0 Å². The molecule has 1 aromatic heterocycles. The zero-order valence-electron chi connectivity index (χ0n) is 13.5. The van der Waals surface area contributed by atoms with E-state index in [9.17, 15) is 0 Å². The third kappa shape index (κ3) is 3.69. The molecule has 0 saturated heterocycles. The van der Waals surface area contributed by atoms with Crippen molar-refractivity contribution >= 4 is 12.0 Å². The summed E-state index contributed by atoms with van der Waals surface area (Å²) in [4.78, 5) is 4.48. The Labute approximate surface area is 137 Å². The highest BCUT2D eigenvalue weighted by atomic mass is 15.2. The molecule has 3 heteroatoms. The standard InChI is InChI=1S/C20H21N3/c1-16-10-12-18(13-11-16)19-15-22-20(23(19)2)21-14-6-9-17-7-4-3-5-8-17/h3-13,15H,14H2,1-2H3,(H,21,22)/b9-6+. The maximum absolute atomic E-state index is 4.48. The van der Waals surface area contributed by atoms with Crippen LogP contribution in [-0.4, -0.2) is 16.1 Å². The van der Waals surface area contributed by atoms with E-state index in [-0.39, 0.29) is 0 Å². The highest BCUT2D eigenvalue weighted by Gasteiger charge is 2.07. The summed E-state index contributed by atoms with van der Waals surface area (Å²) in [6.45, 7) is 2.84. The quantitative estimate of drug-likeness (QED) is 0.751. The van der Waals surface area contributed by atoms with Gasteiger partial charge in [-0.15, -0.1) is 0 Å². The van der Waals surface area contributed by atoms with Gasteiger partial charge < -0.3 is 9.88 Å². The maximum Gasteiger partial charge on any atom is 0.203 e. The van der Waals surface area contributed by atoms with E-state index in [4.69, 9.17) is 0 Å². The van der Waals surface area contributed by atoms with E-state index in [0.717, 1.165) is 18.2 Å². The van der Waals surface area contributed by atoms with Crippen molar-refractivity contribution in [3.05, 3.63) is 78.0 Å². The second-order valence-corrected chi connectivity index (χ2v) is 5.59. The molecule has 3 aromatic rings. The van der Waals surface area contributed by atoms with E-state index in [2.05, 4.69) is 70.3 Å². The molecule has 3 nitrogen and oxygen atoms in total. The number of nitrogens with zero attached hydrogens (tertiary/aromatic N) is 2. The second kappa shape index (κ2) is 6.97. The SMILES string of the molecule is Cc1ccc(-c2cnc(NC/C=C/c3ccccc3)n2C)cc1. The van der Waals surface area contributed by atoms with Gasteiger partial charge in [-0.05, 0) is 18.1 Å². The van der Waals surface area contributed by atoms with Gasteiger partial charge in [-0.25, -0.2) is 4.98 Å². The number of rotatable bonds is 5. The molecule has 0 saturated carbocycles. The first-order chi connectivity index (χ1) is 11.2. The summed E-state index contributed by atoms with van der Waals surface area (Å²) in [6, 6.07) is 18.8. The summed E-state index contributed by atoms with van der Waals surface area (Å²) in [5.74, 6) is 0.873. The Kier molecular flexibility index (Phi) is 4.57. The van der Waals surface area contributed by atoms with Crippen LogP contribution in [0.3, 0.4) is 0 Å². The fraction of sp³-hybridized carbons (Fsp3) is 0.150. The molecule has 23 heavy (non-hydrogen) atoms. The average Bonchev–Trinajstić information content (AvgIpc) is 2.94. The van der Waals surface area contributed by atoms with Crippen LogP contribution in [0.15, 0.2) is 66.9 Å². The van der Waals surface area contributed by atoms with E-state index < -0.39 is 0 Å². The number of nitrogens with one attached hydrogen (secondary N) is 1. The van der Waals surface area contributed by atoms with Gasteiger partial charge in [0.05, 0.1) is 11.9 Å². The lowest BCUT2D eigenvalue weighted by Crippen LogP contribution is -2.05. The van der Waals surface area contributed by atoms with Gasteiger partial charge >= 0.3 is 0 Å². The molecule has 1 heterocycles. The predicted molar refractivity (Wildman–Crippen MR) is 97.3 cm³/mol. The molecule has 0 unspecified atom stereocenters. The normalized spacial score (nSPS) is 11.0. The van der Waals surface area contributed by atoms with Crippen LogP contribution in [0.4, 0.5) is 5.95 Å². The number of anilines is 1. The lowest BCUT2D eigenvalue weighted by molar-refractivity contribution is 0.920. The van der Waals surface area contributed by atoms with Crippen molar-refractivity contribution in [2.45, 2.75) is 6.92 Å². The zero-order chi connectivity index (χ0) is 16.1. The molecule has 0 aliphatic heterocycles. The van der Waals surface area contributed by atoms with Crippen LogP contribution in [0.25, 0.3) is 17.3 Å². The van der Waals surface area contributed by atoms with E-state index in [1.807, 2.05) is 31.4 Å². The van der Waals surface area contributed by atoms with E-state index in [1.165, 1.54) is 16.7 Å². The van der Waals surface area contributed by atoms with Crippen molar-refractivity contribution in [1.29, 1.82) is 0 Å². The predicted octanol–water partition coefficient (Wildman–Crippen LogP) is 4.52. The third-order valence-electron chi connectivity index (χ3n) is 3.82. The van der Waals surface area contributed by atoms with Gasteiger partial charge in [0.1, 0.15) is 0 Å². The first kappa shape index (κ1) is 15.1. The van der Waals surface area contributed by atoms with Gasteiger partial charge in [-0.1, -0.05) is 72.3 Å². The van der Waals surface area contributed by atoms with E-state index in [0.29, 0.717) is 0 Å². The summed E-state index contributed by atoms with van der Waals surface area (Å²) < 4.78 is 2.08. The fourth-order valence-corrected chi connectivity index (χ4v) is 2.48. The number of aryl methyl sites for hydroxylation is 1. The lowest BCUT2D eigenvalue weighted by Gasteiger charge is -2.07. The topological polar surface area (TPSA) is 29.9 Å². The minimum absolute atomic E-state index is 0.743. The summed E-state index contributed by atoms with van der Waals surface area (Å²) >= 11 is 0. The number of imidazole rings is 1. The largest absolute Gasteiger partial charge is 0.352 e. The number of aromatic nitrogens is 2. The number of hydrogen-bond donors (Lipinski definition) is 1. The lowest BCUT2D eigenvalue weighted by atomic mass is 10.1. The van der Waals surface area contributed by atoms with Crippen molar-refractivity contribution in [2.24, 2.45) is 7.05 Å². The van der Waals surface area contributed by atoms with Crippen LogP contribution in [0, 0.1) is 6.92 Å². The zero-order valence-corrected chi connectivity index (χ0v) is 13.5. The van der Waals surface area contributed by atoms with Gasteiger partial charge in [0.25, 0.3) is 0 Å². The molecule has 0 bridgehead atoms. The summed E-state index contributed by atoms with van der Waals surface area (Å²) in [5, 5.41) is 3.35. The smallest absolute Gasteiger partial charge is 0.203 e. The van der Waals surface area contributed by atoms with Crippen LogP contribution in [-0.2, 0) is 7.05 Å². The molecule has 0 spiro atoms. The van der Waals surface area contributed by atoms with Gasteiger partial charge in [0, 0.05) is 13.6 Å². The molecule has 1 N–H and O–H groups in total. The summed E-state index contributed by atoms with van der Waals surface area (Å²) in [5.41, 5.74) is 4.76. The van der Waals surface area contributed by atoms with Crippen LogP contribution >= 0.6 is 0 Å². The van der Waals surface area contributed by atoms with Gasteiger partial charge in [-0.3, -0.25) is 0 Å². The minimum atomic E-state index is 0.743. The average molecular weight is 303 g/mol. The van der Waals surface area contributed by atoms with Crippen molar-refractivity contribution in [3.8, 4) is 11.3 Å². The van der Waals surface area contributed by atoms with E-state index >= 15 is 0 Å². The Morgan fingerprint density at radius 3 is 2.52 bits per heavy atom. The highest BCUT2D eigenvalue weighted by Crippen LogP contribution is 2.22.